The van der Waals surface area contributed by atoms with Crippen molar-refractivity contribution in [2.45, 2.75) is 13.8 Å². The number of rotatable bonds is 0. The number of aryl methyl sites for hydroxylation is 1. The van der Waals surface area contributed by atoms with Gasteiger partial charge in [-0.15, -0.1) is 0 Å². The minimum atomic E-state index is 1.41. The third kappa shape index (κ3) is 1.48. The first-order valence-corrected chi connectivity index (χ1v) is 4.42. The molecular weight excluding hydrogens is 215 g/mol. The molecule has 0 bridgehead atoms. The standard InChI is InChI=1S/C8H9.Sn/c1-7-5-3-4-6-8(7)2;/h3-5H,1-2H3;/q;+3. The topological polar surface area (TPSA) is 0 Å². The van der Waals surface area contributed by atoms with Gasteiger partial charge in [-0.2, -0.15) is 0 Å². The van der Waals surface area contributed by atoms with E-state index in [1.165, 1.54) is 37.2 Å². The molecule has 0 heterocycles. The van der Waals surface area contributed by atoms with Crippen LogP contribution in [0, 0.1) is 13.8 Å². The average molecular weight is 224 g/mol. The molecule has 0 unspecified atom stereocenters. The summed E-state index contributed by atoms with van der Waals surface area (Å²) in [5.74, 6) is 0. The molecule has 0 radical (unpaired) electrons. The average Bonchev–Trinajstić information content (AvgIpc) is 1.83. The summed E-state index contributed by atoms with van der Waals surface area (Å²) >= 11 is 1.51. The van der Waals surface area contributed by atoms with Crippen LogP contribution in [0.3, 0.4) is 0 Å². The van der Waals surface area contributed by atoms with E-state index in [1.54, 1.807) is 0 Å². The molecule has 0 aliphatic rings. The molecule has 1 heteroatoms. The van der Waals surface area contributed by atoms with Crippen LogP contribution >= 0.6 is 0 Å². The Balaban J connectivity index is 3.25. The monoisotopic (exact) mass is 225 g/mol. The zero-order chi connectivity index (χ0) is 6.85. The third-order valence-corrected chi connectivity index (χ3v) is 3.15. The van der Waals surface area contributed by atoms with Crippen LogP contribution in [0.5, 0.6) is 0 Å². The van der Waals surface area contributed by atoms with Crippen molar-refractivity contribution < 1.29 is 0 Å². The van der Waals surface area contributed by atoms with Gasteiger partial charge in [-0.05, 0) is 0 Å². The van der Waals surface area contributed by atoms with Crippen LogP contribution in [0.2, 0.25) is 0 Å². The van der Waals surface area contributed by atoms with Gasteiger partial charge in [0.05, 0.1) is 0 Å². The molecule has 1 aromatic rings. The second-order valence-corrected chi connectivity index (χ2v) is 3.78. The van der Waals surface area contributed by atoms with Gasteiger partial charge in [0.25, 0.3) is 0 Å². The summed E-state index contributed by atoms with van der Waals surface area (Å²) < 4.78 is 1.47. The number of benzene rings is 1. The third-order valence-electron chi connectivity index (χ3n) is 1.60. The Labute approximate surface area is 69.4 Å². The van der Waals surface area contributed by atoms with Gasteiger partial charge in [-0.1, -0.05) is 0 Å². The normalized spacial score (nSPS) is 9.78. The second-order valence-electron chi connectivity index (χ2n) is 2.25. The van der Waals surface area contributed by atoms with Crippen LogP contribution < -0.4 is 3.58 Å². The van der Waals surface area contributed by atoms with Crippen LogP contribution in [-0.2, 0) is 0 Å². The molecule has 0 saturated heterocycles. The molecule has 0 aliphatic heterocycles. The van der Waals surface area contributed by atoms with Gasteiger partial charge in [0.15, 0.2) is 0 Å². The predicted octanol–water partition coefficient (Wildman–Crippen LogP) is 1.10. The summed E-state index contributed by atoms with van der Waals surface area (Å²) in [5.41, 5.74) is 2.86. The molecule has 0 aliphatic carbocycles. The van der Waals surface area contributed by atoms with E-state index in [2.05, 4.69) is 32.0 Å². The molecule has 0 amide bonds. The van der Waals surface area contributed by atoms with E-state index >= 15 is 0 Å². The Morgan fingerprint density at radius 1 is 1.22 bits per heavy atom. The van der Waals surface area contributed by atoms with Gasteiger partial charge in [-0.25, -0.2) is 0 Å². The Hall–Kier alpha value is 0.0187. The zero-order valence-corrected chi connectivity index (χ0v) is 8.59. The molecule has 0 nitrogen and oxygen atoms in total. The van der Waals surface area contributed by atoms with Gasteiger partial charge in [-0.3, -0.25) is 0 Å². The second kappa shape index (κ2) is 2.73. The number of hydrogen-bond donors (Lipinski definition) is 0. The van der Waals surface area contributed by atoms with E-state index in [0.29, 0.717) is 0 Å². The maximum atomic E-state index is 2.18. The molecule has 0 aromatic heterocycles. The van der Waals surface area contributed by atoms with Crippen molar-refractivity contribution in [3.8, 4) is 0 Å². The van der Waals surface area contributed by atoms with Crippen LogP contribution in [-0.4, -0.2) is 22.5 Å². The van der Waals surface area contributed by atoms with Crippen LogP contribution in [0.1, 0.15) is 11.1 Å². The van der Waals surface area contributed by atoms with Crippen molar-refractivity contribution in [1.29, 1.82) is 0 Å². The Bertz CT molecular complexity index is 196. The van der Waals surface area contributed by atoms with Gasteiger partial charge >= 0.3 is 69.3 Å². The molecule has 9 heavy (non-hydrogen) atoms. The molecule has 0 saturated carbocycles. The summed E-state index contributed by atoms with van der Waals surface area (Å²) in [6.45, 7) is 4.34. The van der Waals surface area contributed by atoms with Crippen LogP contribution in [0.25, 0.3) is 0 Å². The summed E-state index contributed by atoms with van der Waals surface area (Å²) in [4.78, 5) is 0. The molecule has 0 atom stereocenters. The molecule has 42 valence electrons. The molecule has 0 fully saturated rings. The fourth-order valence-electron chi connectivity index (χ4n) is 0.751. The molecule has 1 rings (SSSR count). The SMILES string of the molecule is Cc1ccc[c]([Sn+3])c1C. The van der Waals surface area contributed by atoms with E-state index in [-0.39, 0.29) is 0 Å². The minimum absolute atomic E-state index is 1.41. The first-order chi connectivity index (χ1) is 4.22. The molecule has 0 N–H and O–H groups in total. The first-order valence-electron chi connectivity index (χ1n) is 2.99. The van der Waals surface area contributed by atoms with Gasteiger partial charge < -0.3 is 0 Å². The van der Waals surface area contributed by atoms with E-state index in [1.807, 2.05) is 0 Å². The fraction of sp³-hybridized carbons (Fsp3) is 0.250. The quantitative estimate of drug-likeness (QED) is 0.578. The molecule has 0 spiro atoms. The van der Waals surface area contributed by atoms with Crippen LogP contribution in [0.4, 0.5) is 0 Å². The maximum absolute atomic E-state index is 2.18. The van der Waals surface area contributed by atoms with E-state index in [4.69, 9.17) is 0 Å². The van der Waals surface area contributed by atoms with Crippen molar-refractivity contribution in [3.05, 3.63) is 29.3 Å². The Morgan fingerprint density at radius 3 is 2.33 bits per heavy atom. The van der Waals surface area contributed by atoms with E-state index in [9.17, 15) is 0 Å². The summed E-state index contributed by atoms with van der Waals surface area (Å²) in [6.07, 6.45) is 0. The molecular formula is C8H9Sn+3. The zero-order valence-electron chi connectivity index (χ0n) is 5.73. The van der Waals surface area contributed by atoms with Crippen molar-refractivity contribution in [1.82, 2.24) is 0 Å². The van der Waals surface area contributed by atoms with Gasteiger partial charge in [0, 0.05) is 0 Å². The summed E-state index contributed by atoms with van der Waals surface area (Å²) in [7, 11) is 0. The van der Waals surface area contributed by atoms with Crippen molar-refractivity contribution in [2.75, 3.05) is 0 Å². The Morgan fingerprint density at radius 2 is 1.89 bits per heavy atom. The van der Waals surface area contributed by atoms with E-state index in [0.717, 1.165) is 0 Å². The van der Waals surface area contributed by atoms with Crippen molar-refractivity contribution in [2.24, 2.45) is 0 Å². The summed E-state index contributed by atoms with van der Waals surface area (Å²) in [6, 6.07) is 6.45. The van der Waals surface area contributed by atoms with Gasteiger partial charge in [0.2, 0.25) is 0 Å². The van der Waals surface area contributed by atoms with Crippen molar-refractivity contribution in [3.63, 3.8) is 0 Å². The van der Waals surface area contributed by atoms with Crippen molar-refractivity contribution >= 4 is 26.1 Å². The predicted molar refractivity (Wildman–Crippen MR) is 41.3 cm³/mol. The fourth-order valence-corrected chi connectivity index (χ4v) is 1.59. The van der Waals surface area contributed by atoms with Crippen LogP contribution in [0.15, 0.2) is 18.2 Å². The number of hydrogen-bond acceptors (Lipinski definition) is 0. The summed E-state index contributed by atoms with van der Waals surface area (Å²) in [5, 5.41) is 0. The first kappa shape index (κ1) is 7.13. The molecule has 1 aromatic carbocycles. The van der Waals surface area contributed by atoms with Gasteiger partial charge in [0.1, 0.15) is 0 Å². The van der Waals surface area contributed by atoms with E-state index < -0.39 is 0 Å². The Kier molecular flexibility index (Phi) is 2.17.